The van der Waals surface area contributed by atoms with Crippen molar-refractivity contribution in [1.29, 1.82) is 0 Å². The van der Waals surface area contributed by atoms with Gasteiger partial charge in [0.1, 0.15) is 47.2 Å². The number of pyridine rings is 2. The highest BCUT2D eigenvalue weighted by molar-refractivity contribution is 6.08. The Balaban J connectivity index is 0.759. The van der Waals surface area contributed by atoms with Gasteiger partial charge in [-0.1, -0.05) is 0 Å². The van der Waals surface area contributed by atoms with E-state index in [1.165, 1.54) is 14.2 Å². The number of nitrogen functional groups attached to an aromatic ring is 2. The first-order valence-corrected chi connectivity index (χ1v) is 18.9. The van der Waals surface area contributed by atoms with Crippen LogP contribution in [0.25, 0.3) is 11.0 Å². The number of anilines is 2. The average Bonchev–Trinajstić information content (AvgIpc) is 3.90. The Bertz CT molecular complexity index is 2150. The number of methoxy groups -OCH3 is 2. The lowest BCUT2D eigenvalue weighted by molar-refractivity contribution is -0.0141. The summed E-state index contributed by atoms with van der Waals surface area (Å²) < 4.78 is 53.6. The summed E-state index contributed by atoms with van der Waals surface area (Å²) in [6.45, 7) is 4.69. The van der Waals surface area contributed by atoms with E-state index < -0.39 is 0 Å². The summed E-state index contributed by atoms with van der Waals surface area (Å²) in [6.07, 6.45) is 6.72. The van der Waals surface area contributed by atoms with E-state index >= 15 is 0 Å². The van der Waals surface area contributed by atoms with Crippen molar-refractivity contribution in [2.75, 3.05) is 105 Å². The second-order valence-corrected chi connectivity index (χ2v) is 12.7. The molecule has 0 aliphatic rings. The third-order valence-corrected chi connectivity index (χ3v) is 8.92. The van der Waals surface area contributed by atoms with Crippen LogP contribution in [-0.2, 0) is 23.7 Å². The summed E-state index contributed by atoms with van der Waals surface area (Å²) >= 11 is 0. The number of hydrogen-bond donors (Lipinski definition) is 2. The van der Waals surface area contributed by atoms with Crippen molar-refractivity contribution < 1.29 is 52.2 Å². The van der Waals surface area contributed by atoms with Crippen LogP contribution in [0.5, 0.6) is 23.0 Å². The molecule has 4 aromatic heterocycles. The first-order chi connectivity index (χ1) is 28.9. The van der Waals surface area contributed by atoms with Crippen molar-refractivity contribution >= 4 is 34.0 Å². The molecule has 0 fully saturated rings. The Kier molecular flexibility index (Phi) is 15.4. The van der Waals surface area contributed by atoms with E-state index in [9.17, 15) is 9.59 Å². The minimum Gasteiger partial charge on any atom is -0.495 e. The number of carbonyl (C=O) groups excluding carboxylic acids is 2. The van der Waals surface area contributed by atoms with Gasteiger partial charge in [-0.3, -0.25) is 18.4 Å². The molecule has 0 spiro atoms. The lowest BCUT2D eigenvalue weighted by Crippen LogP contribution is -2.15. The van der Waals surface area contributed by atoms with E-state index in [1.54, 1.807) is 82.1 Å². The zero-order valence-corrected chi connectivity index (χ0v) is 33.0. The van der Waals surface area contributed by atoms with Gasteiger partial charge in [0, 0.05) is 23.5 Å². The Labute approximate surface area is 340 Å². The Morgan fingerprint density at radius 1 is 0.508 bits per heavy atom. The summed E-state index contributed by atoms with van der Waals surface area (Å²) in [5.74, 6) is 1.98. The molecule has 59 heavy (non-hydrogen) atoms. The number of rotatable bonds is 26. The number of aromatic nitrogens is 4. The van der Waals surface area contributed by atoms with Crippen molar-refractivity contribution in [2.45, 2.75) is 0 Å². The maximum absolute atomic E-state index is 13.2. The van der Waals surface area contributed by atoms with Crippen LogP contribution in [0.4, 0.5) is 11.4 Å². The van der Waals surface area contributed by atoms with E-state index in [0.29, 0.717) is 136 Å². The molecule has 0 aliphatic heterocycles. The van der Waals surface area contributed by atoms with Gasteiger partial charge in [-0.25, -0.2) is 9.97 Å². The minimum absolute atomic E-state index is 0.249. The molecule has 0 radical (unpaired) electrons. The molecule has 0 unspecified atom stereocenters. The molecular weight excluding hydrogens is 764 g/mol. The normalized spacial score (nSPS) is 11.3. The van der Waals surface area contributed by atoms with Crippen molar-refractivity contribution in [2.24, 2.45) is 0 Å². The summed E-state index contributed by atoms with van der Waals surface area (Å²) in [4.78, 5) is 35.0. The number of fused-ring (bicyclic) bond motifs is 2. The van der Waals surface area contributed by atoms with Gasteiger partial charge in [0.05, 0.1) is 104 Å². The standard InChI is InChI=1S/C42H48N6O11/c1-51-37-25-29(7-9-31(37)43)39(49)41-45-27-33-35(5-3-11-47(33)41)58-23-21-56-19-17-54-15-13-53-14-16-55-18-20-57-22-24-59-36-6-4-12-48-34(36)28-46-42(48)40(50)30-8-10-32(44)38(26-30)52-2/h3-12,25-28H,13-24,43-44H2,1-2H3. The van der Waals surface area contributed by atoms with Gasteiger partial charge < -0.3 is 54.1 Å². The Hall–Kier alpha value is -6.24. The van der Waals surface area contributed by atoms with Gasteiger partial charge in [0.2, 0.25) is 11.6 Å². The molecular formula is C42H48N6O11. The van der Waals surface area contributed by atoms with Gasteiger partial charge in [-0.15, -0.1) is 0 Å². The fourth-order valence-corrected chi connectivity index (χ4v) is 5.94. The number of imidazole rings is 2. The predicted octanol–water partition coefficient (Wildman–Crippen LogP) is 4.17. The van der Waals surface area contributed by atoms with Crippen LogP contribution < -0.4 is 30.4 Å². The number of ketones is 2. The first-order valence-electron chi connectivity index (χ1n) is 18.9. The highest BCUT2D eigenvalue weighted by atomic mass is 16.6. The maximum Gasteiger partial charge on any atom is 0.228 e. The number of carbonyl (C=O) groups is 2. The first kappa shape index (κ1) is 42.4. The van der Waals surface area contributed by atoms with Gasteiger partial charge in [-0.2, -0.15) is 0 Å². The van der Waals surface area contributed by atoms with Gasteiger partial charge in [0.25, 0.3) is 0 Å². The molecule has 0 saturated carbocycles. The summed E-state index contributed by atoms with van der Waals surface area (Å²) in [6, 6.07) is 16.9. The molecule has 4 N–H and O–H groups in total. The summed E-state index contributed by atoms with van der Waals surface area (Å²) in [5, 5.41) is 0. The monoisotopic (exact) mass is 812 g/mol. The Morgan fingerprint density at radius 2 is 0.864 bits per heavy atom. The smallest absolute Gasteiger partial charge is 0.228 e. The second kappa shape index (κ2) is 21.5. The fourth-order valence-electron chi connectivity index (χ4n) is 5.94. The molecule has 0 saturated heterocycles. The van der Waals surface area contributed by atoms with Crippen LogP contribution >= 0.6 is 0 Å². The van der Waals surface area contributed by atoms with E-state index in [-0.39, 0.29) is 23.2 Å². The summed E-state index contributed by atoms with van der Waals surface area (Å²) in [7, 11) is 3.00. The van der Waals surface area contributed by atoms with Crippen LogP contribution in [0.3, 0.4) is 0 Å². The van der Waals surface area contributed by atoms with Crippen molar-refractivity contribution in [3.8, 4) is 23.0 Å². The van der Waals surface area contributed by atoms with Gasteiger partial charge in [-0.05, 0) is 60.7 Å². The van der Waals surface area contributed by atoms with E-state index in [2.05, 4.69) is 9.97 Å². The molecule has 0 bridgehead atoms. The lowest BCUT2D eigenvalue weighted by Gasteiger charge is -2.10. The topological polar surface area (TPSA) is 204 Å². The molecule has 17 nitrogen and oxygen atoms in total. The SMILES string of the molecule is COc1cc(C(=O)c2ncc3c(OCCOCCOCCOCCOCCOCCOc4cccn5c(C(=O)c6ccc(N)c(OC)c6)ncc45)cccn23)ccc1N. The van der Waals surface area contributed by atoms with E-state index in [0.717, 1.165) is 0 Å². The van der Waals surface area contributed by atoms with Crippen LogP contribution in [0.15, 0.2) is 85.5 Å². The number of ether oxygens (including phenoxy) is 9. The molecule has 6 aromatic rings. The quantitative estimate of drug-likeness (QED) is 0.0448. The molecule has 4 heterocycles. The van der Waals surface area contributed by atoms with Crippen LogP contribution in [0.2, 0.25) is 0 Å². The van der Waals surface area contributed by atoms with Crippen LogP contribution in [0.1, 0.15) is 32.4 Å². The lowest BCUT2D eigenvalue weighted by atomic mass is 10.1. The number of benzene rings is 2. The van der Waals surface area contributed by atoms with E-state index in [4.69, 9.17) is 54.1 Å². The molecule has 0 atom stereocenters. The zero-order chi connectivity index (χ0) is 41.4. The molecule has 6 rings (SSSR count). The third-order valence-electron chi connectivity index (χ3n) is 8.92. The average molecular weight is 813 g/mol. The van der Waals surface area contributed by atoms with Crippen molar-refractivity contribution in [3.63, 3.8) is 0 Å². The highest BCUT2D eigenvalue weighted by Gasteiger charge is 2.20. The number of hydrogen-bond acceptors (Lipinski definition) is 15. The third kappa shape index (κ3) is 11.0. The predicted molar refractivity (Wildman–Crippen MR) is 217 cm³/mol. The molecule has 17 heteroatoms. The van der Waals surface area contributed by atoms with Crippen molar-refractivity contribution in [1.82, 2.24) is 18.8 Å². The minimum atomic E-state index is -0.267. The maximum atomic E-state index is 13.2. The van der Waals surface area contributed by atoms with Crippen molar-refractivity contribution in [3.05, 3.63) is 108 Å². The number of nitrogens with zero attached hydrogens (tertiary/aromatic N) is 4. The largest absolute Gasteiger partial charge is 0.495 e. The molecule has 2 aromatic carbocycles. The number of nitrogens with two attached hydrogens (primary N) is 2. The van der Waals surface area contributed by atoms with Gasteiger partial charge >= 0.3 is 0 Å². The van der Waals surface area contributed by atoms with E-state index in [1.807, 2.05) is 12.1 Å². The van der Waals surface area contributed by atoms with Crippen LogP contribution in [0, 0.1) is 0 Å². The highest BCUT2D eigenvalue weighted by Crippen LogP contribution is 2.27. The van der Waals surface area contributed by atoms with Crippen LogP contribution in [-0.4, -0.2) is 124 Å². The Morgan fingerprint density at radius 3 is 1.22 bits per heavy atom. The zero-order valence-electron chi connectivity index (χ0n) is 33.0. The fraction of sp³-hybridized carbons (Fsp3) is 0.333. The molecule has 312 valence electrons. The summed E-state index contributed by atoms with van der Waals surface area (Å²) in [5.41, 5.74) is 14.8. The molecule has 0 aliphatic carbocycles. The molecule has 0 amide bonds. The second-order valence-electron chi connectivity index (χ2n) is 12.7. The van der Waals surface area contributed by atoms with Gasteiger partial charge in [0.15, 0.2) is 11.6 Å².